The van der Waals surface area contributed by atoms with Gasteiger partial charge in [-0.05, 0) is 23.0 Å². The molecule has 1 atom stereocenters. The van der Waals surface area contributed by atoms with Gasteiger partial charge in [0.25, 0.3) is 0 Å². The molecule has 0 aliphatic rings. The standard InChI is InChI=1S/C13H18O2/c1-9(2)11-5-4-6-12(13(11)15)10(3)7-8-14/h4-6,8-10,15H,7H2,1-3H3. The molecule has 0 fully saturated rings. The number of phenolic OH excluding ortho intramolecular Hbond substituents is 1. The second kappa shape index (κ2) is 4.96. The summed E-state index contributed by atoms with van der Waals surface area (Å²) in [5, 5.41) is 10.0. The Kier molecular flexibility index (Phi) is 3.89. The third-order valence-electron chi connectivity index (χ3n) is 2.70. The minimum atomic E-state index is 0.0844. The summed E-state index contributed by atoms with van der Waals surface area (Å²) in [6.07, 6.45) is 1.35. The second-order valence-corrected chi connectivity index (χ2v) is 4.24. The fourth-order valence-corrected chi connectivity index (χ4v) is 1.71. The van der Waals surface area contributed by atoms with E-state index in [0.29, 0.717) is 18.1 Å². The van der Waals surface area contributed by atoms with Crippen LogP contribution in [0.3, 0.4) is 0 Å². The van der Waals surface area contributed by atoms with Crippen molar-refractivity contribution in [2.24, 2.45) is 0 Å². The van der Waals surface area contributed by atoms with E-state index in [1.54, 1.807) is 0 Å². The number of hydrogen-bond donors (Lipinski definition) is 1. The van der Waals surface area contributed by atoms with E-state index in [0.717, 1.165) is 17.4 Å². The zero-order chi connectivity index (χ0) is 11.4. The van der Waals surface area contributed by atoms with E-state index in [1.165, 1.54) is 0 Å². The highest BCUT2D eigenvalue weighted by atomic mass is 16.3. The van der Waals surface area contributed by atoms with E-state index in [1.807, 2.05) is 39.0 Å². The first-order valence-corrected chi connectivity index (χ1v) is 5.33. The van der Waals surface area contributed by atoms with Crippen LogP contribution in [-0.2, 0) is 4.79 Å². The van der Waals surface area contributed by atoms with Crippen molar-refractivity contribution < 1.29 is 9.90 Å². The molecule has 0 spiro atoms. The smallest absolute Gasteiger partial charge is 0.122 e. The molecular weight excluding hydrogens is 188 g/mol. The lowest BCUT2D eigenvalue weighted by Gasteiger charge is -2.15. The normalized spacial score (nSPS) is 12.8. The maximum atomic E-state index is 10.4. The van der Waals surface area contributed by atoms with Gasteiger partial charge in [0.15, 0.2) is 0 Å². The van der Waals surface area contributed by atoms with Crippen molar-refractivity contribution in [3.63, 3.8) is 0 Å². The number of aldehydes is 1. The molecule has 0 aliphatic carbocycles. The van der Waals surface area contributed by atoms with Gasteiger partial charge in [0.05, 0.1) is 0 Å². The molecule has 0 bridgehead atoms. The SMILES string of the molecule is CC(C)c1cccc(C(C)CC=O)c1O. The first-order chi connectivity index (χ1) is 7.07. The molecule has 2 heteroatoms. The predicted octanol–water partition coefficient (Wildman–Crippen LogP) is 3.21. The highest BCUT2D eigenvalue weighted by molar-refractivity contribution is 5.53. The van der Waals surface area contributed by atoms with Crippen LogP contribution in [0, 0.1) is 0 Å². The Morgan fingerprint density at radius 2 is 1.87 bits per heavy atom. The molecule has 2 nitrogen and oxygen atoms in total. The number of aromatic hydroxyl groups is 1. The molecule has 0 heterocycles. The van der Waals surface area contributed by atoms with E-state index in [-0.39, 0.29) is 5.92 Å². The van der Waals surface area contributed by atoms with Gasteiger partial charge in [-0.25, -0.2) is 0 Å². The molecule has 82 valence electrons. The lowest BCUT2D eigenvalue weighted by molar-refractivity contribution is -0.108. The Morgan fingerprint density at radius 3 is 2.40 bits per heavy atom. The van der Waals surface area contributed by atoms with Crippen LogP contribution in [0.1, 0.15) is 50.2 Å². The van der Waals surface area contributed by atoms with E-state index in [2.05, 4.69) is 0 Å². The van der Waals surface area contributed by atoms with E-state index >= 15 is 0 Å². The molecular formula is C13H18O2. The monoisotopic (exact) mass is 206 g/mol. The number of carbonyl (C=O) groups excluding carboxylic acids is 1. The van der Waals surface area contributed by atoms with Gasteiger partial charge in [0, 0.05) is 6.42 Å². The third-order valence-corrected chi connectivity index (χ3v) is 2.70. The van der Waals surface area contributed by atoms with Crippen LogP contribution in [0.25, 0.3) is 0 Å². The fourth-order valence-electron chi connectivity index (χ4n) is 1.71. The molecule has 1 rings (SSSR count). The number of para-hydroxylation sites is 1. The first-order valence-electron chi connectivity index (χ1n) is 5.33. The van der Waals surface area contributed by atoms with Gasteiger partial charge in [-0.2, -0.15) is 0 Å². The van der Waals surface area contributed by atoms with Crippen molar-refractivity contribution in [2.75, 3.05) is 0 Å². The minimum absolute atomic E-state index is 0.0844. The summed E-state index contributed by atoms with van der Waals surface area (Å²) >= 11 is 0. The number of hydrogen-bond acceptors (Lipinski definition) is 2. The average molecular weight is 206 g/mol. The maximum Gasteiger partial charge on any atom is 0.122 e. The predicted molar refractivity (Wildman–Crippen MR) is 61.3 cm³/mol. The lowest BCUT2D eigenvalue weighted by atomic mass is 9.92. The number of phenols is 1. The van der Waals surface area contributed by atoms with Gasteiger partial charge < -0.3 is 9.90 Å². The van der Waals surface area contributed by atoms with Crippen LogP contribution >= 0.6 is 0 Å². The Morgan fingerprint density at radius 1 is 1.27 bits per heavy atom. The Hall–Kier alpha value is -1.31. The van der Waals surface area contributed by atoms with Crippen LogP contribution in [0.15, 0.2) is 18.2 Å². The maximum absolute atomic E-state index is 10.4. The summed E-state index contributed by atoms with van der Waals surface area (Å²) in [7, 11) is 0. The van der Waals surface area contributed by atoms with Crippen LogP contribution in [0.2, 0.25) is 0 Å². The van der Waals surface area contributed by atoms with Crippen molar-refractivity contribution in [1.29, 1.82) is 0 Å². The van der Waals surface area contributed by atoms with E-state index < -0.39 is 0 Å². The molecule has 1 aromatic carbocycles. The molecule has 0 amide bonds. The van der Waals surface area contributed by atoms with Gasteiger partial charge >= 0.3 is 0 Å². The van der Waals surface area contributed by atoms with Gasteiger partial charge in [-0.15, -0.1) is 0 Å². The van der Waals surface area contributed by atoms with Crippen molar-refractivity contribution in [1.82, 2.24) is 0 Å². The van der Waals surface area contributed by atoms with Crippen molar-refractivity contribution in [3.8, 4) is 5.75 Å². The van der Waals surface area contributed by atoms with Gasteiger partial charge in [0.1, 0.15) is 12.0 Å². The molecule has 0 radical (unpaired) electrons. The average Bonchev–Trinajstić information content (AvgIpc) is 2.17. The summed E-state index contributed by atoms with van der Waals surface area (Å²) in [5.74, 6) is 0.733. The van der Waals surface area contributed by atoms with Crippen molar-refractivity contribution in [3.05, 3.63) is 29.3 Å². The summed E-state index contributed by atoms with van der Waals surface area (Å²) < 4.78 is 0. The van der Waals surface area contributed by atoms with E-state index in [4.69, 9.17) is 0 Å². The molecule has 1 N–H and O–H groups in total. The zero-order valence-electron chi connectivity index (χ0n) is 9.53. The number of benzene rings is 1. The highest BCUT2D eigenvalue weighted by Gasteiger charge is 2.14. The Labute approximate surface area is 90.9 Å². The van der Waals surface area contributed by atoms with Crippen LogP contribution < -0.4 is 0 Å². The van der Waals surface area contributed by atoms with E-state index in [9.17, 15) is 9.90 Å². The summed E-state index contributed by atoms with van der Waals surface area (Å²) in [6.45, 7) is 6.04. The topological polar surface area (TPSA) is 37.3 Å². The summed E-state index contributed by atoms with van der Waals surface area (Å²) in [4.78, 5) is 10.4. The molecule has 15 heavy (non-hydrogen) atoms. The second-order valence-electron chi connectivity index (χ2n) is 4.24. The molecule has 0 saturated carbocycles. The third kappa shape index (κ3) is 2.58. The van der Waals surface area contributed by atoms with Crippen molar-refractivity contribution in [2.45, 2.75) is 39.0 Å². The minimum Gasteiger partial charge on any atom is -0.507 e. The van der Waals surface area contributed by atoms with Gasteiger partial charge in [-0.1, -0.05) is 39.0 Å². The van der Waals surface area contributed by atoms with Crippen LogP contribution in [0.5, 0.6) is 5.75 Å². The molecule has 0 saturated heterocycles. The van der Waals surface area contributed by atoms with Crippen molar-refractivity contribution >= 4 is 6.29 Å². The van der Waals surface area contributed by atoms with Gasteiger partial charge in [-0.3, -0.25) is 0 Å². The number of carbonyl (C=O) groups is 1. The fraction of sp³-hybridized carbons (Fsp3) is 0.462. The summed E-state index contributed by atoms with van der Waals surface area (Å²) in [6, 6.07) is 5.75. The first kappa shape index (κ1) is 11.8. The Bertz CT molecular complexity index is 342. The summed E-state index contributed by atoms with van der Waals surface area (Å²) in [5.41, 5.74) is 1.82. The van der Waals surface area contributed by atoms with Gasteiger partial charge in [0.2, 0.25) is 0 Å². The molecule has 0 aromatic heterocycles. The Balaban J connectivity index is 3.08. The molecule has 0 aliphatic heterocycles. The zero-order valence-corrected chi connectivity index (χ0v) is 9.53. The quantitative estimate of drug-likeness (QED) is 0.768. The van der Waals surface area contributed by atoms with Crippen LogP contribution in [-0.4, -0.2) is 11.4 Å². The lowest BCUT2D eigenvalue weighted by Crippen LogP contribution is -1.98. The largest absolute Gasteiger partial charge is 0.507 e. The number of rotatable bonds is 4. The molecule has 1 unspecified atom stereocenters. The van der Waals surface area contributed by atoms with Crippen LogP contribution in [0.4, 0.5) is 0 Å². The highest BCUT2D eigenvalue weighted by Crippen LogP contribution is 2.34. The molecule has 1 aromatic rings.